The lowest BCUT2D eigenvalue weighted by Crippen LogP contribution is -2.42. The second kappa shape index (κ2) is 9.65. The van der Waals surface area contributed by atoms with E-state index >= 15 is 0 Å². The van der Waals surface area contributed by atoms with Crippen LogP contribution in [0.2, 0.25) is 0 Å². The van der Waals surface area contributed by atoms with Crippen LogP contribution in [0.25, 0.3) is 21.9 Å². The van der Waals surface area contributed by atoms with Crippen molar-refractivity contribution in [2.45, 2.75) is 44.0 Å². The van der Waals surface area contributed by atoms with Crippen LogP contribution in [0.3, 0.4) is 0 Å². The van der Waals surface area contributed by atoms with Gasteiger partial charge in [0.05, 0.1) is 22.3 Å². The number of carbonyl (C=O) groups excluding carboxylic acids is 2. The van der Waals surface area contributed by atoms with Gasteiger partial charge in [0, 0.05) is 36.5 Å². The van der Waals surface area contributed by atoms with E-state index in [1.54, 1.807) is 12.3 Å². The summed E-state index contributed by atoms with van der Waals surface area (Å²) < 4.78 is 25.3. The van der Waals surface area contributed by atoms with E-state index in [9.17, 15) is 18.0 Å². The maximum Gasteiger partial charge on any atom is 0.242 e. The second-order valence-electron chi connectivity index (χ2n) is 8.01. The van der Waals surface area contributed by atoms with Crippen molar-refractivity contribution in [3.8, 4) is 0 Å². The first-order chi connectivity index (χ1) is 16.3. The van der Waals surface area contributed by atoms with Gasteiger partial charge in [0.15, 0.2) is 0 Å². The molecule has 0 radical (unpaired) electrons. The van der Waals surface area contributed by atoms with E-state index in [0.29, 0.717) is 24.3 Å². The average molecular weight is 483 g/mol. The minimum absolute atomic E-state index is 0.0108. The topological polar surface area (TPSA) is 152 Å². The SMILES string of the molecule is CCCn1c(CCC(=O)NNC(=O)Cc2c[nH]c3ccccc23)nc2cc(S(N)(=O)=O)ccc21. The highest BCUT2D eigenvalue weighted by Gasteiger charge is 2.16. The molecule has 2 heterocycles. The number of sulfonamides is 1. The molecule has 2 amide bonds. The zero-order chi connectivity index (χ0) is 24.3. The number of para-hydroxylation sites is 1. The van der Waals surface area contributed by atoms with E-state index in [4.69, 9.17) is 5.14 Å². The summed E-state index contributed by atoms with van der Waals surface area (Å²) in [6.45, 7) is 2.69. The predicted molar refractivity (Wildman–Crippen MR) is 128 cm³/mol. The second-order valence-corrected chi connectivity index (χ2v) is 9.57. The first-order valence-electron chi connectivity index (χ1n) is 10.9. The number of imidazole rings is 1. The van der Waals surface area contributed by atoms with Gasteiger partial charge < -0.3 is 9.55 Å². The quantitative estimate of drug-likeness (QED) is 0.283. The van der Waals surface area contributed by atoms with Gasteiger partial charge in [-0.2, -0.15) is 0 Å². The molecular formula is C23H26N6O4S. The van der Waals surface area contributed by atoms with Crippen LogP contribution in [-0.2, 0) is 39.0 Å². The first-order valence-corrected chi connectivity index (χ1v) is 12.5. The van der Waals surface area contributed by atoms with Crippen LogP contribution < -0.4 is 16.0 Å². The highest BCUT2D eigenvalue weighted by Crippen LogP contribution is 2.21. The molecule has 0 saturated carbocycles. The number of primary sulfonamides is 1. The van der Waals surface area contributed by atoms with E-state index in [2.05, 4.69) is 20.8 Å². The number of benzene rings is 2. The molecule has 0 spiro atoms. The Morgan fingerprint density at radius 3 is 2.65 bits per heavy atom. The van der Waals surface area contributed by atoms with E-state index in [1.165, 1.54) is 12.1 Å². The number of nitrogens with one attached hydrogen (secondary N) is 3. The highest BCUT2D eigenvalue weighted by atomic mass is 32.2. The third kappa shape index (κ3) is 5.10. The van der Waals surface area contributed by atoms with Gasteiger partial charge in [0.1, 0.15) is 5.82 Å². The summed E-state index contributed by atoms with van der Waals surface area (Å²) in [4.78, 5) is 32.3. The lowest BCUT2D eigenvalue weighted by Gasteiger charge is -2.09. The number of aromatic nitrogens is 3. The fourth-order valence-corrected chi connectivity index (χ4v) is 4.46. The first kappa shape index (κ1) is 23.5. The van der Waals surface area contributed by atoms with Gasteiger partial charge in [-0.15, -0.1) is 0 Å². The molecule has 0 atom stereocenters. The number of aromatic amines is 1. The molecule has 4 rings (SSSR count). The van der Waals surface area contributed by atoms with Crippen LogP contribution in [-0.4, -0.2) is 34.8 Å². The van der Waals surface area contributed by atoms with Crippen LogP contribution in [0.4, 0.5) is 0 Å². The maximum atomic E-state index is 12.3. The van der Waals surface area contributed by atoms with Crippen molar-refractivity contribution >= 4 is 43.8 Å². The number of nitrogens with two attached hydrogens (primary N) is 1. The number of fused-ring (bicyclic) bond motifs is 2. The normalized spacial score (nSPS) is 11.7. The van der Waals surface area contributed by atoms with Crippen molar-refractivity contribution in [3.05, 3.63) is 60.0 Å². The third-order valence-corrected chi connectivity index (χ3v) is 6.43. The Morgan fingerprint density at radius 1 is 1.12 bits per heavy atom. The van der Waals surface area contributed by atoms with Crippen LogP contribution >= 0.6 is 0 Å². The zero-order valence-electron chi connectivity index (χ0n) is 18.7. The van der Waals surface area contributed by atoms with Gasteiger partial charge in [-0.1, -0.05) is 25.1 Å². The fraction of sp³-hybridized carbons (Fsp3) is 0.261. The van der Waals surface area contributed by atoms with Gasteiger partial charge >= 0.3 is 0 Å². The van der Waals surface area contributed by atoms with Crippen molar-refractivity contribution in [2.75, 3.05) is 0 Å². The molecule has 4 aromatic rings. The van der Waals surface area contributed by atoms with E-state index in [1.807, 2.05) is 35.8 Å². The number of hydrazine groups is 1. The number of hydrogen-bond donors (Lipinski definition) is 4. The number of aryl methyl sites for hydroxylation is 2. The van der Waals surface area contributed by atoms with E-state index < -0.39 is 10.0 Å². The monoisotopic (exact) mass is 482 g/mol. The molecule has 0 unspecified atom stereocenters. The van der Waals surface area contributed by atoms with Crippen LogP contribution in [0.5, 0.6) is 0 Å². The summed E-state index contributed by atoms with van der Waals surface area (Å²) in [5, 5.41) is 6.19. The Morgan fingerprint density at radius 2 is 1.88 bits per heavy atom. The molecule has 0 bridgehead atoms. The lowest BCUT2D eigenvalue weighted by molar-refractivity contribution is -0.128. The molecule has 0 aliphatic heterocycles. The number of amides is 2. The number of H-pyrrole nitrogens is 1. The molecule has 2 aromatic heterocycles. The fourth-order valence-electron chi connectivity index (χ4n) is 3.92. The van der Waals surface area contributed by atoms with Crippen LogP contribution in [0.15, 0.2) is 53.6 Å². The minimum atomic E-state index is -3.84. The molecule has 11 heteroatoms. The van der Waals surface area contributed by atoms with Crippen LogP contribution in [0.1, 0.15) is 31.2 Å². The van der Waals surface area contributed by atoms with Crippen molar-refractivity contribution in [3.63, 3.8) is 0 Å². The van der Waals surface area contributed by atoms with E-state index in [-0.39, 0.29) is 29.6 Å². The number of rotatable bonds is 8. The smallest absolute Gasteiger partial charge is 0.242 e. The number of hydrogen-bond acceptors (Lipinski definition) is 5. The molecule has 2 aromatic carbocycles. The summed E-state index contributed by atoms with van der Waals surface area (Å²) >= 11 is 0. The van der Waals surface area contributed by atoms with Gasteiger partial charge in [-0.05, 0) is 36.2 Å². The summed E-state index contributed by atoms with van der Waals surface area (Å²) in [7, 11) is -3.84. The molecule has 0 saturated heterocycles. The Balaban J connectivity index is 1.37. The molecule has 5 N–H and O–H groups in total. The van der Waals surface area contributed by atoms with Crippen molar-refractivity contribution < 1.29 is 18.0 Å². The van der Waals surface area contributed by atoms with Crippen molar-refractivity contribution in [1.29, 1.82) is 0 Å². The Kier molecular flexibility index (Phi) is 6.66. The molecule has 0 aliphatic carbocycles. The summed E-state index contributed by atoms with van der Waals surface area (Å²) in [5.74, 6) is -0.0249. The van der Waals surface area contributed by atoms with Gasteiger partial charge in [-0.25, -0.2) is 18.5 Å². The maximum absolute atomic E-state index is 12.3. The summed E-state index contributed by atoms with van der Waals surface area (Å²) in [6, 6.07) is 12.2. The molecular weight excluding hydrogens is 456 g/mol. The predicted octanol–water partition coefficient (Wildman–Crippen LogP) is 1.90. The molecule has 178 valence electrons. The number of nitrogens with zero attached hydrogens (tertiary/aromatic N) is 2. The lowest BCUT2D eigenvalue weighted by atomic mass is 10.1. The van der Waals surface area contributed by atoms with E-state index in [0.717, 1.165) is 28.4 Å². The standard InChI is InChI=1S/C23H26N6O4S/c1-2-11-29-20-8-7-16(34(24,32)33)13-19(20)26-21(29)9-10-22(30)27-28-23(31)12-15-14-25-18-6-4-3-5-17(15)18/h3-8,13-14,25H,2,9-12H2,1H3,(H,27,30)(H,28,31)(H2,24,32,33). The van der Waals surface area contributed by atoms with Gasteiger partial charge in [0.2, 0.25) is 21.8 Å². The summed E-state index contributed by atoms with van der Waals surface area (Å²) in [5.41, 5.74) is 7.96. The minimum Gasteiger partial charge on any atom is -0.361 e. The Labute approximate surface area is 196 Å². The van der Waals surface area contributed by atoms with Crippen molar-refractivity contribution in [2.24, 2.45) is 5.14 Å². The number of carbonyl (C=O) groups is 2. The zero-order valence-corrected chi connectivity index (χ0v) is 19.5. The molecule has 0 fully saturated rings. The largest absolute Gasteiger partial charge is 0.361 e. The Bertz CT molecular complexity index is 1470. The molecule has 34 heavy (non-hydrogen) atoms. The average Bonchev–Trinajstić information content (AvgIpc) is 3.37. The molecule has 0 aliphatic rings. The van der Waals surface area contributed by atoms with Gasteiger partial charge in [-0.3, -0.25) is 20.4 Å². The molecule has 10 nitrogen and oxygen atoms in total. The van der Waals surface area contributed by atoms with Crippen molar-refractivity contribution in [1.82, 2.24) is 25.4 Å². The van der Waals surface area contributed by atoms with Gasteiger partial charge in [0.25, 0.3) is 0 Å². The highest BCUT2D eigenvalue weighted by molar-refractivity contribution is 7.89. The Hall–Kier alpha value is -3.70. The third-order valence-electron chi connectivity index (χ3n) is 5.52. The van der Waals surface area contributed by atoms with Crippen LogP contribution in [0, 0.1) is 0 Å². The summed E-state index contributed by atoms with van der Waals surface area (Å²) in [6.07, 6.45) is 3.17.